The summed E-state index contributed by atoms with van der Waals surface area (Å²) in [6.07, 6.45) is 2.64. The molecule has 0 amide bonds. The molecule has 0 bridgehead atoms. The second kappa shape index (κ2) is 4.54. The highest BCUT2D eigenvalue weighted by atomic mass is 35.5. The van der Waals surface area contributed by atoms with Crippen molar-refractivity contribution in [3.63, 3.8) is 0 Å². The van der Waals surface area contributed by atoms with Gasteiger partial charge in [0.05, 0.1) is 12.7 Å². The van der Waals surface area contributed by atoms with Crippen LogP contribution in [0.3, 0.4) is 0 Å². The van der Waals surface area contributed by atoms with Crippen molar-refractivity contribution in [1.29, 1.82) is 0 Å². The number of benzene rings is 1. The molecule has 20 heavy (non-hydrogen) atoms. The van der Waals surface area contributed by atoms with E-state index in [0.29, 0.717) is 30.1 Å². The summed E-state index contributed by atoms with van der Waals surface area (Å²) in [6, 6.07) is 7.38. The Morgan fingerprint density at radius 2 is 2.15 bits per heavy atom. The first-order chi connectivity index (χ1) is 9.41. The Labute approximate surface area is 121 Å². The van der Waals surface area contributed by atoms with Gasteiger partial charge in [0.15, 0.2) is 0 Å². The second-order valence-electron chi connectivity index (χ2n) is 4.97. The fraction of sp³-hybridized carbons (Fsp3) is 0.333. The summed E-state index contributed by atoms with van der Waals surface area (Å²) >= 11 is 5.92. The summed E-state index contributed by atoms with van der Waals surface area (Å²) in [6.45, 7) is 0.480. The average Bonchev–Trinajstić information content (AvgIpc) is 3.06. The Kier molecular flexibility index (Phi) is 3.07. The monoisotopic (exact) mass is 312 g/mol. The van der Waals surface area contributed by atoms with Gasteiger partial charge in [0.25, 0.3) is 0 Å². The molecule has 0 atom stereocenters. The van der Waals surface area contributed by atoms with E-state index in [-0.39, 0.29) is 0 Å². The van der Waals surface area contributed by atoms with Crippen molar-refractivity contribution in [2.45, 2.75) is 24.1 Å². The minimum absolute atomic E-state index is 0.419. The van der Waals surface area contributed by atoms with Crippen LogP contribution in [0.15, 0.2) is 30.5 Å². The van der Waals surface area contributed by atoms with Gasteiger partial charge in [-0.25, -0.2) is 18.2 Å². The molecule has 0 saturated heterocycles. The Hall–Kier alpha value is -1.44. The maximum atomic E-state index is 11.6. The Morgan fingerprint density at radius 1 is 1.40 bits per heavy atom. The van der Waals surface area contributed by atoms with Gasteiger partial charge in [-0.2, -0.15) is 0 Å². The van der Waals surface area contributed by atoms with Crippen LogP contribution in [0.2, 0.25) is 5.02 Å². The first-order valence-electron chi connectivity index (χ1n) is 6.08. The lowest BCUT2D eigenvalue weighted by molar-refractivity contribution is 0.579. The van der Waals surface area contributed by atoms with Crippen molar-refractivity contribution >= 4 is 21.6 Å². The lowest BCUT2D eigenvalue weighted by Gasteiger charge is -2.07. The van der Waals surface area contributed by atoms with E-state index < -0.39 is 14.8 Å². The molecule has 1 saturated carbocycles. The van der Waals surface area contributed by atoms with Crippen molar-refractivity contribution in [2.24, 2.45) is 5.14 Å². The largest absolute Gasteiger partial charge is 0.248 e. The van der Waals surface area contributed by atoms with Gasteiger partial charge in [0, 0.05) is 5.02 Å². The summed E-state index contributed by atoms with van der Waals surface area (Å²) in [7, 11) is -3.65. The predicted molar refractivity (Wildman–Crippen MR) is 74.6 cm³/mol. The van der Waals surface area contributed by atoms with Crippen LogP contribution in [0.4, 0.5) is 0 Å². The van der Waals surface area contributed by atoms with Gasteiger partial charge < -0.3 is 0 Å². The standard InChI is InChI=1S/C12H13ClN4O2S/c13-10-3-1-2-9(6-10)7-17-8-11(15-16-17)12(4-5-12)20(14,18)19/h1-3,6,8H,4-5,7H2,(H2,14,18,19). The molecule has 2 aromatic rings. The molecule has 8 heteroatoms. The van der Waals surface area contributed by atoms with Crippen LogP contribution in [0.1, 0.15) is 24.1 Å². The van der Waals surface area contributed by atoms with E-state index in [4.69, 9.17) is 16.7 Å². The number of nitrogens with two attached hydrogens (primary N) is 1. The lowest BCUT2D eigenvalue weighted by atomic mass is 10.2. The Morgan fingerprint density at radius 3 is 2.75 bits per heavy atom. The Bertz CT molecular complexity index is 752. The third-order valence-corrected chi connectivity index (χ3v) is 5.43. The third-order valence-electron chi connectivity index (χ3n) is 3.49. The highest BCUT2D eigenvalue weighted by Gasteiger charge is 2.56. The fourth-order valence-corrected chi connectivity index (χ4v) is 3.48. The van der Waals surface area contributed by atoms with Crippen LogP contribution in [0, 0.1) is 0 Å². The topological polar surface area (TPSA) is 90.9 Å². The molecule has 1 aliphatic carbocycles. The van der Waals surface area contributed by atoms with Crippen LogP contribution in [0.5, 0.6) is 0 Å². The molecule has 106 valence electrons. The molecular formula is C12H13ClN4O2S. The van der Waals surface area contributed by atoms with Crippen LogP contribution < -0.4 is 5.14 Å². The van der Waals surface area contributed by atoms with E-state index in [2.05, 4.69) is 10.3 Å². The van der Waals surface area contributed by atoms with E-state index in [1.165, 1.54) is 0 Å². The smallest absolute Gasteiger partial charge is 0.220 e. The van der Waals surface area contributed by atoms with E-state index in [1.807, 2.05) is 18.2 Å². The molecule has 0 aliphatic heterocycles. The molecule has 0 unspecified atom stereocenters. The number of aromatic nitrogens is 3. The van der Waals surface area contributed by atoms with E-state index in [1.54, 1.807) is 16.9 Å². The van der Waals surface area contributed by atoms with E-state index in [9.17, 15) is 8.42 Å². The number of rotatable bonds is 4. The summed E-state index contributed by atoms with van der Waals surface area (Å²) in [5.41, 5.74) is 1.39. The maximum Gasteiger partial charge on any atom is 0.220 e. The molecule has 0 spiro atoms. The summed E-state index contributed by atoms with van der Waals surface area (Å²) in [5.74, 6) is 0. The van der Waals surface area contributed by atoms with Crippen molar-refractivity contribution in [1.82, 2.24) is 15.0 Å². The van der Waals surface area contributed by atoms with Gasteiger partial charge in [-0.1, -0.05) is 28.9 Å². The zero-order chi connectivity index (χ0) is 14.4. The minimum atomic E-state index is -3.65. The fourth-order valence-electron chi connectivity index (χ4n) is 2.21. The molecule has 1 heterocycles. The number of hydrogen-bond acceptors (Lipinski definition) is 4. The average molecular weight is 313 g/mol. The molecule has 2 N–H and O–H groups in total. The summed E-state index contributed by atoms with van der Waals surface area (Å²) < 4.78 is 23.8. The zero-order valence-electron chi connectivity index (χ0n) is 10.5. The minimum Gasteiger partial charge on any atom is -0.248 e. The van der Waals surface area contributed by atoms with Crippen LogP contribution in [-0.4, -0.2) is 23.4 Å². The normalized spacial score (nSPS) is 17.1. The molecule has 3 rings (SSSR count). The van der Waals surface area contributed by atoms with Gasteiger partial charge in [-0.15, -0.1) is 5.10 Å². The summed E-state index contributed by atoms with van der Waals surface area (Å²) in [5, 5.41) is 13.8. The number of primary sulfonamides is 1. The molecule has 6 nitrogen and oxygen atoms in total. The van der Waals surface area contributed by atoms with Gasteiger partial charge in [-0.3, -0.25) is 0 Å². The maximum absolute atomic E-state index is 11.6. The van der Waals surface area contributed by atoms with Gasteiger partial charge in [-0.05, 0) is 30.5 Å². The molecular weight excluding hydrogens is 300 g/mol. The number of sulfonamides is 1. The molecule has 1 aromatic heterocycles. The first-order valence-corrected chi connectivity index (χ1v) is 8.01. The highest BCUT2D eigenvalue weighted by molar-refractivity contribution is 7.90. The van der Waals surface area contributed by atoms with E-state index >= 15 is 0 Å². The molecule has 1 aliphatic rings. The first kappa shape index (κ1) is 13.5. The number of nitrogens with zero attached hydrogens (tertiary/aromatic N) is 3. The van der Waals surface area contributed by atoms with Crippen LogP contribution in [-0.2, 0) is 21.3 Å². The number of halogens is 1. The number of hydrogen-bond donors (Lipinski definition) is 1. The lowest BCUT2D eigenvalue weighted by Crippen LogP contribution is -2.28. The van der Waals surface area contributed by atoms with Crippen molar-refractivity contribution in [3.05, 3.63) is 46.7 Å². The molecule has 0 radical (unpaired) electrons. The van der Waals surface area contributed by atoms with Crippen molar-refractivity contribution in [3.8, 4) is 0 Å². The predicted octanol–water partition coefficient (Wildman–Crippen LogP) is 1.26. The Balaban J connectivity index is 1.85. The van der Waals surface area contributed by atoms with Crippen LogP contribution >= 0.6 is 11.6 Å². The second-order valence-corrected chi connectivity index (χ2v) is 7.28. The summed E-state index contributed by atoms with van der Waals surface area (Å²) in [4.78, 5) is 0. The van der Waals surface area contributed by atoms with E-state index in [0.717, 1.165) is 5.56 Å². The van der Waals surface area contributed by atoms with Gasteiger partial charge in [0.2, 0.25) is 10.0 Å². The highest BCUT2D eigenvalue weighted by Crippen LogP contribution is 2.50. The molecule has 1 fully saturated rings. The van der Waals surface area contributed by atoms with Gasteiger partial charge >= 0.3 is 0 Å². The quantitative estimate of drug-likeness (QED) is 0.920. The SMILES string of the molecule is NS(=O)(=O)C1(c2cn(Cc3cccc(Cl)c3)nn2)CC1. The van der Waals surface area contributed by atoms with Gasteiger partial charge in [0.1, 0.15) is 10.4 Å². The van der Waals surface area contributed by atoms with Crippen LogP contribution in [0.25, 0.3) is 0 Å². The van der Waals surface area contributed by atoms with Crippen molar-refractivity contribution in [2.75, 3.05) is 0 Å². The molecule has 1 aromatic carbocycles. The third kappa shape index (κ3) is 2.32. The van der Waals surface area contributed by atoms with Crippen molar-refractivity contribution < 1.29 is 8.42 Å². The zero-order valence-corrected chi connectivity index (χ0v) is 12.1.